The zero-order chi connectivity index (χ0) is 22.0. The van der Waals surface area contributed by atoms with Gasteiger partial charge in [-0.3, -0.25) is 9.69 Å². The van der Waals surface area contributed by atoms with E-state index in [4.69, 9.17) is 17.0 Å². The lowest BCUT2D eigenvalue weighted by molar-refractivity contribution is -0.129. The molecule has 7 nitrogen and oxygen atoms in total. The molecule has 164 valence electrons. The second kappa shape index (κ2) is 9.11. The van der Waals surface area contributed by atoms with Gasteiger partial charge in [0.15, 0.2) is 11.6 Å². The van der Waals surface area contributed by atoms with Crippen molar-refractivity contribution >= 4 is 40.6 Å². The first-order valence-corrected chi connectivity index (χ1v) is 10.3. The van der Waals surface area contributed by atoms with Gasteiger partial charge in [0.2, 0.25) is 5.91 Å². The average molecular weight is 441 g/mol. The molecular weight excluding hydrogens is 414 g/mol. The molecule has 3 rings (SSSR count). The fourth-order valence-electron chi connectivity index (χ4n) is 3.51. The first-order valence-electron chi connectivity index (χ1n) is 9.92. The van der Waals surface area contributed by atoms with Crippen molar-refractivity contribution < 1.29 is 23.1 Å². The lowest BCUT2D eigenvalue weighted by Crippen LogP contribution is -2.48. The number of thiocarbonyl (C=S) groups is 1. The molecule has 2 saturated heterocycles. The molecule has 2 aliphatic rings. The quantitative estimate of drug-likeness (QED) is 0.710. The van der Waals surface area contributed by atoms with Crippen molar-refractivity contribution in [3.05, 3.63) is 23.8 Å². The number of halogens is 2. The van der Waals surface area contributed by atoms with Crippen LogP contribution in [-0.2, 0) is 9.53 Å². The summed E-state index contributed by atoms with van der Waals surface area (Å²) in [5.74, 6) is -1.40. The topological polar surface area (TPSA) is 65.1 Å². The summed E-state index contributed by atoms with van der Waals surface area (Å²) in [6.45, 7) is 7.36. The molecule has 0 bridgehead atoms. The minimum Gasteiger partial charge on any atom is -0.442 e. The fraction of sp³-hybridized carbons (Fsp3) is 0.550. The van der Waals surface area contributed by atoms with Crippen LogP contribution in [0.4, 0.5) is 25.0 Å². The maximum atomic E-state index is 14.8. The molecule has 2 heterocycles. The number of hydrogen-bond acceptors (Lipinski definition) is 5. The molecule has 1 N–H and O–H groups in total. The number of piperazine rings is 1. The molecule has 1 atom stereocenters. The number of carbonyl (C=O) groups is 2. The van der Waals surface area contributed by atoms with Crippen LogP contribution >= 0.6 is 12.2 Å². The lowest BCUT2D eigenvalue weighted by Gasteiger charge is -2.36. The smallest absolute Gasteiger partial charge is 0.414 e. The highest BCUT2D eigenvalue weighted by molar-refractivity contribution is 7.80. The Morgan fingerprint density at radius 2 is 1.83 bits per heavy atom. The summed E-state index contributed by atoms with van der Waals surface area (Å²) in [5, 5.41) is 3.05. The average Bonchev–Trinajstić information content (AvgIpc) is 3.06. The zero-order valence-corrected chi connectivity index (χ0v) is 18.1. The van der Waals surface area contributed by atoms with E-state index in [-0.39, 0.29) is 29.7 Å². The van der Waals surface area contributed by atoms with Crippen LogP contribution in [0.2, 0.25) is 0 Å². The minimum absolute atomic E-state index is 0.0586. The van der Waals surface area contributed by atoms with Gasteiger partial charge in [0, 0.05) is 51.2 Å². The molecule has 2 aliphatic heterocycles. The predicted molar refractivity (Wildman–Crippen MR) is 114 cm³/mol. The second-order valence-corrected chi connectivity index (χ2v) is 8.21. The van der Waals surface area contributed by atoms with E-state index in [9.17, 15) is 18.4 Å². The van der Waals surface area contributed by atoms with Crippen LogP contribution in [0.1, 0.15) is 20.8 Å². The number of rotatable bonds is 5. The van der Waals surface area contributed by atoms with Gasteiger partial charge in [0.25, 0.3) is 0 Å². The number of hydrogen-bond donors (Lipinski definition) is 1. The monoisotopic (exact) mass is 440 g/mol. The number of nitrogens with one attached hydrogen (secondary N) is 1. The fourth-order valence-corrected chi connectivity index (χ4v) is 3.60. The van der Waals surface area contributed by atoms with Gasteiger partial charge >= 0.3 is 6.09 Å². The second-order valence-electron chi connectivity index (χ2n) is 7.77. The molecule has 2 fully saturated rings. The molecule has 1 unspecified atom stereocenters. The van der Waals surface area contributed by atoms with Crippen molar-refractivity contribution in [1.29, 1.82) is 0 Å². The van der Waals surface area contributed by atoms with Crippen molar-refractivity contribution in [3.8, 4) is 0 Å². The highest BCUT2D eigenvalue weighted by atomic mass is 32.1. The Kier molecular flexibility index (Phi) is 6.74. The van der Waals surface area contributed by atoms with Crippen molar-refractivity contribution in [2.75, 3.05) is 49.1 Å². The Balaban J connectivity index is 1.68. The van der Waals surface area contributed by atoms with E-state index in [0.29, 0.717) is 37.7 Å². The van der Waals surface area contributed by atoms with Crippen LogP contribution in [0.5, 0.6) is 0 Å². The minimum atomic E-state index is -0.753. The van der Waals surface area contributed by atoms with E-state index in [0.717, 1.165) is 12.1 Å². The van der Waals surface area contributed by atoms with Crippen molar-refractivity contribution in [3.63, 3.8) is 0 Å². The molecule has 10 heteroatoms. The maximum absolute atomic E-state index is 14.8. The summed E-state index contributed by atoms with van der Waals surface area (Å²) in [4.78, 5) is 28.8. The molecule has 0 aliphatic carbocycles. The van der Waals surface area contributed by atoms with Crippen LogP contribution in [0.15, 0.2) is 12.1 Å². The number of ether oxygens (including phenoxy) is 1. The molecule has 2 amide bonds. The molecule has 0 saturated carbocycles. The first kappa shape index (κ1) is 22.2. The predicted octanol–water partition coefficient (Wildman–Crippen LogP) is 2.53. The number of carbonyl (C=O) groups excluding carboxylic acids is 2. The van der Waals surface area contributed by atoms with Gasteiger partial charge in [-0.25, -0.2) is 13.6 Å². The van der Waals surface area contributed by atoms with Crippen molar-refractivity contribution in [2.45, 2.75) is 26.9 Å². The molecule has 0 aromatic heterocycles. The van der Waals surface area contributed by atoms with Crippen LogP contribution in [-0.4, -0.2) is 67.3 Å². The van der Waals surface area contributed by atoms with Crippen LogP contribution in [0, 0.1) is 17.6 Å². The number of benzene rings is 1. The van der Waals surface area contributed by atoms with E-state index in [1.165, 1.54) is 11.8 Å². The van der Waals surface area contributed by atoms with Crippen LogP contribution in [0.25, 0.3) is 0 Å². The van der Waals surface area contributed by atoms with Gasteiger partial charge in [-0.2, -0.15) is 0 Å². The van der Waals surface area contributed by atoms with E-state index < -0.39 is 23.8 Å². The Morgan fingerprint density at radius 1 is 1.23 bits per heavy atom. The zero-order valence-electron chi connectivity index (χ0n) is 17.3. The third-order valence-corrected chi connectivity index (χ3v) is 5.87. The number of anilines is 2. The molecule has 1 aromatic rings. The van der Waals surface area contributed by atoms with Gasteiger partial charge in [-0.1, -0.05) is 26.1 Å². The molecule has 0 spiro atoms. The van der Waals surface area contributed by atoms with Crippen LogP contribution < -0.4 is 15.1 Å². The maximum Gasteiger partial charge on any atom is 0.414 e. The van der Waals surface area contributed by atoms with Crippen molar-refractivity contribution in [2.24, 2.45) is 5.92 Å². The van der Waals surface area contributed by atoms with Crippen molar-refractivity contribution in [1.82, 2.24) is 10.2 Å². The largest absolute Gasteiger partial charge is 0.442 e. The summed E-state index contributed by atoms with van der Waals surface area (Å²) in [7, 11) is 0. The SMILES string of the molecule is CC(=O)N1CCN(c2c(F)cc(N3CC(CNC(=S)C(C)C)OC3=O)cc2F)CC1. The Morgan fingerprint density at radius 3 is 2.37 bits per heavy atom. The first-order chi connectivity index (χ1) is 14.2. The van der Waals surface area contributed by atoms with Gasteiger partial charge in [-0.15, -0.1) is 0 Å². The molecule has 30 heavy (non-hydrogen) atoms. The number of cyclic esters (lactones) is 1. The third-order valence-electron chi connectivity index (χ3n) is 5.26. The Bertz CT molecular complexity index is 820. The third kappa shape index (κ3) is 4.80. The Labute approximate surface area is 179 Å². The normalized spacial score (nSPS) is 19.3. The summed E-state index contributed by atoms with van der Waals surface area (Å²) in [6.07, 6.45) is -1.13. The number of nitrogens with zero attached hydrogens (tertiary/aromatic N) is 3. The molecular formula is C20H26F2N4O3S. The Hall–Kier alpha value is -2.49. The summed E-state index contributed by atoms with van der Waals surface area (Å²) in [6, 6.07) is 2.29. The van der Waals surface area contributed by atoms with E-state index in [1.807, 2.05) is 13.8 Å². The summed E-state index contributed by atoms with van der Waals surface area (Å²) < 4.78 is 34.9. The van der Waals surface area contributed by atoms with Crippen LogP contribution in [0.3, 0.4) is 0 Å². The van der Waals surface area contributed by atoms with E-state index in [1.54, 1.807) is 9.80 Å². The van der Waals surface area contributed by atoms with E-state index >= 15 is 0 Å². The highest BCUT2D eigenvalue weighted by Crippen LogP contribution is 2.31. The van der Waals surface area contributed by atoms with Gasteiger partial charge < -0.3 is 19.9 Å². The van der Waals surface area contributed by atoms with Gasteiger partial charge in [-0.05, 0) is 0 Å². The molecule has 0 radical (unpaired) electrons. The standard InChI is InChI=1S/C20H26F2N4O3S/c1-12(2)19(30)23-10-15-11-26(20(28)29-15)14-8-16(21)18(17(22)9-14)25-6-4-24(5-7-25)13(3)27/h8-9,12,15H,4-7,10-11H2,1-3H3,(H,23,30). The lowest BCUT2D eigenvalue weighted by atomic mass is 10.2. The number of amides is 2. The molecule has 1 aromatic carbocycles. The summed E-state index contributed by atoms with van der Waals surface area (Å²) >= 11 is 5.21. The van der Waals surface area contributed by atoms with Gasteiger partial charge in [0.1, 0.15) is 11.8 Å². The highest BCUT2D eigenvalue weighted by Gasteiger charge is 2.34. The van der Waals surface area contributed by atoms with Gasteiger partial charge in [0.05, 0.1) is 23.8 Å². The van der Waals surface area contributed by atoms with E-state index in [2.05, 4.69) is 5.32 Å². The summed E-state index contributed by atoms with van der Waals surface area (Å²) in [5.41, 5.74) is -0.0370.